The lowest BCUT2D eigenvalue weighted by Crippen LogP contribution is -2.52. The van der Waals surface area contributed by atoms with Gasteiger partial charge in [-0.3, -0.25) is 19.3 Å². The summed E-state index contributed by atoms with van der Waals surface area (Å²) in [6.07, 6.45) is 5.43. The fraction of sp³-hybridized carbons (Fsp3) is 0.478. The topological polar surface area (TPSA) is 150 Å². The van der Waals surface area contributed by atoms with Crippen LogP contribution in [0.5, 0.6) is 11.5 Å². The van der Waals surface area contributed by atoms with Crippen LogP contribution in [0.25, 0.3) is 0 Å². The Balaban J connectivity index is 2.06. The van der Waals surface area contributed by atoms with E-state index in [9.17, 15) is 14.4 Å². The van der Waals surface area contributed by atoms with Crippen molar-refractivity contribution in [2.75, 3.05) is 24.9 Å². The van der Waals surface area contributed by atoms with Gasteiger partial charge in [0.05, 0.1) is 25.6 Å². The molecule has 184 valence electrons. The number of amides is 3. The van der Waals surface area contributed by atoms with Crippen molar-refractivity contribution in [3.8, 4) is 11.5 Å². The molecule has 1 atom stereocenters. The van der Waals surface area contributed by atoms with Crippen molar-refractivity contribution < 1.29 is 23.9 Å². The third kappa shape index (κ3) is 5.24. The molecule has 0 spiro atoms. The lowest BCUT2D eigenvalue weighted by Gasteiger charge is -2.33. The number of methoxy groups -OCH3 is 2. The molecule has 2 aromatic rings. The number of aromatic nitrogens is 1. The number of primary amides is 1. The number of nitrogens with one attached hydrogen (secondary N) is 1. The standard InChI is InChI=1S/C23H31N5O5S/c1-4-15(22(30)26-13-8-6-5-7-9-13)28(16-11-10-14(32-2)12-17(16)33-3)23(31)20-18(24)19(21(25)29)27-34-20/h10-13,15H,4-9,24H2,1-3H3,(H2,25,29)(H,26,30)/t15-/m0/s1. The van der Waals surface area contributed by atoms with Crippen LogP contribution in [0.4, 0.5) is 11.4 Å². The molecule has 0 bridgehead atoms. The molecule has 1 heterocycles. The largest absolute Gasteiger partial charge is 0.497 e. The van der Waals surface area contributed by atoms with Gasteiger partial charge in [-0.1, -0.05) is 26.2 Å². The number of ether oxygens (including phenoxy) is 2. The van der Waals surface area contributed by atoms with Crippen molar-refractivity contribution in [3.63, 3.8) is 0 Å². The number of rotatable bonds is 9. The maximum atomic E-state index is 13.8. The summed E-state index contributed by atoms with van der Waals surface area (Å²) >= 11 is 0.768. The molecular formula is C23H31N5O5S. The molecule has 10 nitrogen and oxygen atoms in total. The van der Waals surface area contributed by atoms with Gasteiger partial charge in [0.2, 0.25) is 5.91 Å². The molecule has 0 aliphatic heterocycles. The van der Waals surface area contributed by atoms with Gasteiger partial charge in [-0.25, -0.2) is 0 Å². The van der Waals surface area contributed by atoms with Crippen LogP contribution in [-0.2, 0) is 4.79 Å². The second-order valence-electron chi connectivity index (χ2n) is 8.12. The highest BCUT2D eigenvalue weighted by atomic mass is 32.1. The van der Waals surface area contributed by atoms with Crippen LogP contribution in [0.15, 0.2) is 18.2 Å². The van der Waals surface area contributed by atoms with E-state index >= 15 is 0 Å². The van der Waals surface area contributed by atoms with E-state index in [4.69, 9.17) is 20.9 Å². The van der Waals surface area contributed by atoms with E-state index in [1.165, 1.54) is 19.1 Å². The zero-order valence-corrected chi connectivity index (χ0v) is 20.4. The number of nitrogens with two attached hydrogens (primary N) is 2. The molecule has 3 rings (SSSR count). The predicted molar refractivity (Wildman–Crippen MR) is 130 cm³/mol. The number of benzene rings is 1. The van der Waals surface area contributed by atoms with Gasteiger partial charge in [-0.2, -0.15) is 4.37 Å². The van der Waals surface area contributed by atoms with Gasteiger partial charge in [-0.15, -0.1) is 0 Å². The number of hydrogen-bond donors (Lipinski definition) is 3. The quantitative estimate of drug-likeness (QED) is 0.490. The SMILES string of the molecule is CC[C@@H](C(=O)NC1CCCCC1)N(C(=O)c1snc(C(N)=O)c1N)c1ccc(OC)cc1OC. The molecule has 34 heavy (non-hydrogen) atoms. The minimum absolute atomic E-state index is 0.0237. The van der Waals surface area contributed by atoms with Crippen LogP contribution in [-0.4, -0.2) is 48.4 Å². The maximum Gasteiger partial charge on any atom is 0.272 e. The predicted octanol–water partition coefficient (Wildman–Crippen LogP) is 2.72. The molecule has 1 fully saturated rings. The van der Waals surface area contributed by atoms with Crippen LogP contribution in [0.2, 0.25) is 0 Å². The fourth-order valence-electron chi connectivity index (χ4n) is 4.17. The Morgan fingerprint density at radius 3 is 2.47 bits per heavy atom. The number of nitrogen functional groups attached to an aromatic ring is 1. The van der Waals surface area contributed by atoms with Gasteiger partial charge < -0.3 is 26.3 Å². The lowest BCUT2D eigenvalue weighted by atomic mass is 9.95. The number of hydrogen-bond acceptors (Lipinski definition) is 8. The second kappa shape index (κ2) is 11.2. The third-order valence-corrected chi connectivity index (χ3v) is 6.82. The smallest absolute Gasteiger partial charge is 0.272 e. The van der Waals surface area contributed by atoms with Crippen LogP contribution < -0.4 is 31.2 Å². The molecule has 1 aliphatic rings. The summed E-state index contributed by atoms with van der Waals surface area (Å²) in [5, 5.41) is 3.11. The van der Waals surface area contributed by atoms with Crippen molar-refractivity contribution in [2.24, 2.45) is 5.73 Å². The Labute approximate surface area is 202 Å². The van der Waals surface area contributed by atoms with Gasteiger partial charge in [-0.05, 0) is 42.9 Å². The Bertz CT molecular complexity index is 1050. The van der Waals surface area contributed by atoms with E-state index in [-0.39, 0.29) is 28.2 Å². The Hall–Kier alpha value is -3.34. The number of carbonyl (C=O) groups is 3. The molecule has 1 aliphatic carbocycles. The van der Waals surface area contributed by atoms with Crippen molar-refractivity contribution >= 4 is 40.6 Å². The Morgan fingerprint density at radius 2 is 1.91 bits per heavy atom. The van der Waals surface area contributed by atoms with Gasteiger partial charge in [0.1, 0.15) is 22.4 Å². The maximum absolute atomic E-state index is 13.8. The highest BCUT2D eigenvalue weighted by molar-refractivity contribution is 7.09. The minimum Gasteiger partial charge on any atom is -0.497 e. The molecule has 1 aromatic heterocycles. The molecular weight excluding hydrogens is 458 g/mol. The van der Waals surface area contributed by atoms with E-state index in [2.05, 4.69) is 9.69 Å². The van der Waals surface area contributed by atoms with E-state index < -0.39 is 17.9 Å². The molecule has 5 N–H and O–H groups in total. The first-order valence-corrected chi connectivity index (χ1v) is 12.0. The summed E-state index contributed by atoms with van der Waals surface area (Å²) in [7, 11) is 2.99. The summed E-state index contributed by atoms with van der Waals surface area (Å²) < 4.78 is 14.8. The molecule has 11 heteroatoms. The first kappa shape index (κ1) is 25.3. The summed E-state index contributed by atoms with van der Waals surface area (Å²) in [6, 6.07) is 4.18. The van der Waals surface area contributed by atoms with Crippen LogP contribution in [0.3, 0.4) is 0 Å². The highest BCUT2D eigenvalue weighted by Gasteiger charge is 2.36. The fourth-order valence-corrected chi connectivity index (χ4v) is 4.91. The summed E-state index contributed by atoms with van der Waals surface area (Å²) in [4.78, 5) is 40.3. The summed E-state index contributed by atoms with van der Waals surface area (Å²) in [5.41, 5.74) is 11.5. The van der Waals surface area contributed by atoms with E-state index in [1.807, 2.05) is 6.92 Å². The average molecular weight is 490 g/mol. The zero-order chi connectivity index (χ0) is 24.8. The van der Waals surface area contributed by atoms with Crippen LogP contribution in [0.1, 0.15) is 65.6 Å². The van der Waals surface area contributed by atoms with Crippen molar-refractivity contribution in [2.45, 2.75) is 57.5 Å². The van der Waals surface area contributed by atoms with Crippen LogP contribution in [0, 0.1) is 0 Å². The molecule has 0 saturated heterocycles. The summed E-state index contributed by atoms with van der Waals surface area (Å²) in [5.74, 6) is -0.797. The lowest BCUT2D eigenvalue weighted by molar-refractivity contribution is -0.123. The van der Waals surface area contributed by atoms with E-state index in [0.717, 1.165) is 43.6 Å². The average Bonchev–Trinajstić information content (AvgIpc) is 3.23. The molecule has 1 aromatic carbocycles. The van der Waals surface area contributed by atoms with Gasteiger partial charge in [0, 0.05) is 12.1 Å². The monoisotopic (exact) mass is 489 g/mol. The van der Waals surface area contributed by atoms with Gasteiger partial charge >= 0.3 is 0 Å². The number of anilines is 2. The first-order valence-electron chi connectivity index (χ1n) is 11.2. The van der Waals surface area contributed by atoms with E-state index in [0.29, 0.717) is 23.6 Å². The Morgan fingerprint density at radius 1 is 1.21 bits per heavy atom. The number of nitrogens with zero attached hydrogens (tertiary/aromatic N) is 2. The number of carbonyl (C=O) groups excluding carboxylic acids is 3. The minimum atomic E-state index is -0.852. The highest BCUT2D eigenvalue weighted by Crippen LogP contribution is 2.36. The first-order chi connectivity index (χ1) is 16.3. The molecule has 1 saturated carbocycles. The summed E-state index contributed by atoms with van der Waals surface area (Å²) in [6.45, 7) is 1.83. The molecule has 3 amide bonds. The normalized spacial score (nSPS) is 14.8. The molecule has 0 radical (unpaired) electrons. The second-order valence-corrected chi connectivity index (χ2v) is 8.89. The van der Waals surface area contributed by atoms with E-state index in [1.54, 1.807) is 18.2 Å². The van der Waals surface area contributed by atoms with Gasteiger partial charge in [0.25, 0.3) is 11.8 Å². The molecule has 0 unspecified atom stereocenters. The zero-order valence-electron chi connectivity index (χ0n) is 19.6. The van der Waals surface area contributed by atoms with Crippen molar-refractivity contribution in [3.05, 3.63) is 28.8 Å². The van der Waals surface area contributed by atoms with Crippen LogP contribution >= 0.6 is 11.5 Å². The van der Waals surface area contributed by atoms with Gasteiger partial charge in [0.15, 0.2) is 5.69 Å². The Kier molecular flexibility index (Phi) is 8.32. The van der Waals surface area contributed by atoms with Crippen molar-refractivity contribution in [1.29, 1.82) is 0 Å². The van der Waals surface area contributed by atoms with Crippen molar-refractivity contribution in [1.82, 2.24) is 9.69 Å². The third-order valence-electron chi connectivity index (χ3n) is 5.97.